The number of rotatable bonds is 2. The maximum atomic E-state index is 9.12. The number of aromatic hydroxyl groups is 2. The normalized spacial score (nSPS) is 10.5. The van der Waals surface area contributed by atoms with Crippen molar-refractivity contribution in [1.82, 2.24) is 0 Å². The Bertz CT molecular complexity index is 361. The Kier molecular flexibility index (Phi) is 2.87. The molecular formula is C9H9NO2S. The van der Waals surface area contributed by atoms with Crippen LogP contribution in [0.2, 0.25) is 0 Å². The topological polar surface area (TPSA) is 66.5 Å². The zero-order valence-corrected chi connectivity index (χ0v) is 7.58. The van der Waals surface area contributed by atoms with Crippen molar-refractivity contribution >= 4 is 23.3 Å². The van der Waals surface area contributed by atoms with Crippen LogP contribution in [0.3, 0.4) is 0 Å². The minimum atomic E-state index is -0.162. The second-order valence-corrected chi connectivity index (χ2v) is 2.96. The summed E-state index contributed by atoms with van der Waals surface area (Å²) in [4.78, 5) is 0.271. The first-order chi connectivity index (χ1) is 6.09. The molecule has 0 fully saturated rings. The van der Waals surface area contributed by atoms with Gasteiger partial charge in [0.15, 0.2) is 11.5 Å². The van der Waals surface area contributed by atoms with E-state index in [0.717, 1.165) is 5.56 Å². The van der Waals surface area contributed by atoms with Crippen LogP contribution < -0.4 is 5.73 Å². The number of nitrogens with two attached hydrogens (primary N) is 1. The molecule has 0 heterocycles. The Morgan fingerprint density at radius 3 is 2.54 bits per heavy atom. The minimum absolute atomic E-state index is 0.146. The van der Waals surface area contributed by atoms with E-state index in [4.69, 9.17) is 15.9 Å². The summed E-state index contributed by atoms with van der Waals surface area (Å²) in [5, 5.41) is 18.1. The number of thiocarbonyl (C=S) groups is 1. The first kappa shape index (κ1) is 9.54. The third kappa shape index (κ3) is 2.76. The molecule has 0 aliphatic carbocycles. The predicted molar refractivity (Wildman–Crippen MR) is 55.6 cm³/mol. The van der Waals surface area contributed by atoms with E-state index in [2.05, 4.69) is 12.2 Å². The van der Waals surface area contributed by atoms with E-state index in [1.54, 1.807) is 18.2 Å². The van der Waals surface area contributed by atoms with Gasteiger partial charge in [-0.3, -0.25) is 0 Å². The molecule has 68 valence electrons. The van der Waals surface area contributed by atoms with Gasteiger partial charge in [-0.05, 0) is 23.8 Å². The lowest BCUT2D eigenvalue weighted by molar-refractivity contribution is 0.403. The molecule has 0 aliphatic heterocycles. The Morgan fingerprint density at radius 1 is 1.31 bits per heavy atom. The molecule has 0 unspecified atom stereocenters. The molecule has 0 bridgehead atoms. The van der Waals surface area contributed by atoms with Gasteiger partial charge in [0.2, 0.25) is 0 Å². The van der Waals surface area contributed by atoms with E-state index in [1.165, 1.54) is 12.1 Å². The lowest BCUT2D eigenvalue weighted by Gasteiger charge is -1.97. The smallest absolute Gasteiger partial charge is 0.157 e. The monoisotopic (exact) mass is 195 g/mol. The number of phenols is 2. The average Bonchev–Trinajstić information content (AvgIpc) is 2.07. The molecule has 0 aromatic heterocycles. The van der Waals surface area contributed by atoms with Gasteiger partial charge in [0.25, 0.3) is 0 Å². The molecule has 4 heteroatoms. The van der Waals surface area contributed by atoms with E-state index in [0.29, 0.717) is 0 Å². The molecule has 3 nitrogen and oxygen atoms in total. The number of benzene rings is 1. The SMILES string of the molecule is NC(=S)/C=C/c1ccc(O)c(O)c1. The Labute approximate surface area is 81.1 Å². The number of hydrogen-bond donors (Lipinski definition) is 3. The van der Waals surface area contributed by atoms with Crippen LogP contribution >= 0.6 is 12.2 Å². The van der Waals surface area contributed by atoms with Crippen LogP contribution in [0, 0.1) is 0 Å². The Morgan fingerprint density at radius 2 is 2.00 bits per heavy atom. The van der Waals surface area contributed by atoms with Crippen LogP contribution in [0.5, 0.6) is 11.5 Å². The molecule has 0 aliphatic rings. The molecule has 13 heavy (non-hydrogen) atoms. The van der Waals surface area contributed by atoms with Crippen LogP contribution in [-0.4, -0.2) is 15.2 Å². The zero-order valence-electron chi connectivity index (χ0n) is 6.77. The molecule has 4 N–H and O–H groups in total. The summed E-state index contributed by atoms with van der Waals surface area (Å²) in [5.41, 5.74) is 5.97. The molecule has 0 amide bonds. The predicted octanol–water partition coefficient (Wildman–Crippen LogP) is 1.40. The van der Waals surface area contributed by atoms with Crippen LogP contribution in [0.1, 0.15) is 5.56 Å². The lowest BCUT2D eigenvalue weighted by Crippen LogP contribution is -2.01. The van der Waals surface area contributed by atoms with Crippen molar-refractivity contribution in [1.29, 1.82) is 0 Å². The van der Waals surface area contributed by atoms with Gasteiger partial charge in [0.05, 0.1) is 4.99 Å². The van der Waals surface area contributed by atoms with Gasteiger partial charge >= 0.3 is 0 Å². The summed E-state index contributed by atoms with van der Waals surface area (Å²) in [6, 6.07) is 4.46. The maximum absolute atomic E-state index is 9.12. The van der Waals surface area contributed by atoms with Crippen molar-refractivity contribution in [2.24, 2.45) is 5.73 Å². The van der Waals surface area contributed by atoms with Gasteiger partial charge in [-0.15, -0.1) is 0 Å². The summed E-state index contributed by atoms with van der Waals surface area (Å²) < 4.78 is 0. The lowest BCUT2D eigenvalue weighted by atomic mass is 10.2. The van der Waals surface area contributed by atoms with Crippen molar-refractivity contribution < 1.29 is 10.2 Å². The second kappa shape index (κ2) is 3.91. The highest BCUT2D eigenvalue weighted by Crippen LogP contribution is 2.25. The van der Waals surface area contributed by atoms with E-state index in [-0.39, 0.29) is 16.5 Å². The minimum Gasteiger partial charge on any atom is -0.504 e. The standard InChI is InChI=1S/C9H9NO2S/c10-9(13)4-2-6-1-3-7(11)8(12)5-6/h1-5,11-12H,(H2,10,13)/b4-2+. The number of hydrogen-bond acceptors (Lipinski definition) is 3. The summed E-state index contributed by atoms with van der Waals surface area (Å²) in [6.07, 6.45) is 3.20. The molecular weight excluding hydrogens is 186 g/mol. The van der Waals surface area contributed by atoms with E-state index in [1.807, 2.05) is 0 Å². The fraction of sp³-hybridized carbons (Fsp3) is 0. The van der Waals surface area contributed by atoms with Crippen molar-refractivity contribution in [2.45, 2.75) is 0 Å². The quantitative estimate of drug-likeness (QED) is 0.379. The van der Waals surface area contributed by atoms with Crippen LogP contribution in [-0.2, 0) is 0 Å². The van der Waals surface area contributed by atoms with E-state index >= 15 is 0 Å². The van der Waals surface area contributed by atoms with Crippen molar-refractivity contribution in [3.05, 3.63) is 29.8 Å². The van der Waals surface area contributed by atoms with Gasteiger partial charge in [-0.25, -0.2) is 0 Å². The summed E-state index contributed by atoms with van der Waals surface area (Å²) in [6.45, 7) is 0. The summed E-state index contributed by atoms with van der Waals surface area (Å²) in [5.74, 6) is -0.308. The first-order valence-corrected chi connectivity index (χ1v) is 4.00. The second-order valence-electron chi connectivity index (χ2n) is 2.48. The van der Waals surface area contributed by atoms with Crippen LogP contribution in [0.15, 0.2) is 24.3 Å². The molecule has 0 spiro atoms. The Hall–Kier alpha value is -1.55. The van der Waals surface area contributed by atoms with Crippen molar-refractivity contribution in [3.8, 4) is 11.5 Å². The number of phenolic OH excluding ortho intramolecular Hbond substituents is 2. The fourth-order valence-electron chi connectivity index (χ4n) is 0.822. The summed E-state index contributed by atoms with van der Waals surface area (Å²) >= 11 is 4.63. The highest BCUT2D eigenvalue weighted by molar-refractivity contribution is 7.80. The average molecular weight is 195 g/mol. The molecule has 1 rings (SSSR count). The fourth-order valence-corrected chi connectivity index (χ4v) is 0.891. The first-order valence-electron chi connectivity index (χ1n) is 3.59. The van der Waals surface area contributed by atoms with Crippen molar-refractivity contribution in [3.63, 3.8) is 0 Å². The van der Waals surface area contributed by atoms with Gasteiger partial charge < -0.3 is 15.9 Å². The molecule has 0 radical (unpaired) electrons. The molecule has 1 aromatic carbocycles. The van der Waals surface area contributed by atoms with Crippen molar-refractivity contribution in [2.75, 3.05) is 0 Å². The molecule has 0 atom stereocenters. The third-order valence-corrected chi connectivity index (χ3v) is 1.58. The molecule has 0 saturated carbocycles. The van der Waals surface area contributed by atoms with Gasteiger partial charge in [-0.1, -0.05) is 24.4 Å². The van der Waals surface area contributed by atoms with Crippen LogP contribution in [0.25, 0.3) is 6.08 Å². The highest BCUT2D eigenvalue weighted by atomic mass is 32.1. The maximum Gasteiger partial charge on any atom is 0.157 e. The van der Waals surface area contributed by atoms with Crippen LogP contribution in [0.4, 0.5) is 0 Å². The third-order valence-electron chi connectivity index (χ3n) is 1.44. The zero-order chi connectivity index (χ0) is 9.84. The summed E-state index contributed by atoms with van der Waals surface area (Å²) in [7, 11) is 0. The van der Waals surface area contributed by atoms with Gasteiger partial charge in [0.1, 0.15) is 0 Å². The van der Waals surface area contributed by atoms with Gasteiger partial charge in [-0.2, -0.15) is 0 Å². The molecule has 0 saturated heterocycles. The Balaban J connectivity index is 2.92. The van der Waals surface area contributed by atoms with Gasteiger partial charge in [0, 0.05) is 0 Å². The highest BCUT2D eigenvalue weighted by Gasteiger charge is 1.97. The largest absolute Gasteiger partial charge is 0.504 e. The van der Waals surface area contributed by atoms with E-state index < -0.39 is 0 Å². The van der Waals surface area contributed by atoms with E-state index in [9.17, 15) is 0 Å². The molecule has 1 aromatic rings.